The zero-order valence-corrected chi connectivity index (χ0v) is 10.6. The Hall–Kier alpha value is -1.76. The lowest BCUT2D eigenvalue weighted by atomic mass is 10.1. The van der Waals surface area contributed by atoms with Crippen molar-refractivity contribution in [3.05, 3.63) is 11.6 Å². The van der Waals surface area contributed by atoms with Crippen LogP contribution in [-0.4, -0.2) is 30.2 Å². The minimum atomic E-state index is -1.06. The molecule has 0 atom stereocenters. The monoisotopic (exact) mass is 269 g/mol. The van der Waals surface area contributed by atoms with Crippen molar-refractivity contribution < 1.29 is 14.7 Å². The molecule has 1 aromatic rings. The highest BCUT2D eigenvalue weighted by Gasteiger charge is 2.20. The van der Waals surface area contributed by atoms with Crippen LogP contribution in [0.25, 0.3) is 0 Å². The van der Waals surface area contributed by atoms with E-state index in [1.807, 2.05) is 0 Å². The number of carboxylic acids is 1. The van der Waals surface area contributed by atoms with E-state index in [0.29, 0.717) is 5.00 Å². The third-order valence-electron chi connectivity index (χ3n) is 2.85. The largest absolute Gasteiger partial charge is 0.478 e. The highest BCUT2D eigenvalue weighted by molar-refractivity contribution is 7.20. The van der Waals surface area contributed by atoms with Crippen molar-refractivity contribution in [2.24, 2.45) is 5.73 Å². The number of carbonyl (C=O) groups excluding carboxylic acids is 1. The summed E-state index contributed by atoms with van der Waals surface area (Å²) >= 11 is 1.26. The predicted octanol–water partition coefficient (Wildman–Crippen LogP) is 1.93. The van der Waals surface area contributed by atoms with Crippen molar-refractivity contribution in [3.8, 4) is 0 Å². The molecule has 0 aliphatic carbocycles. The molecule has 1 saturated heterocycles. The molecule has 1 aliphatic heterocycles. The molecule has 2 amide bonds. The van der Waals surface area contributed by atoms with E-state index in [1.165, 1.54) is 17.8 Å². The first-order valence-corrected chi connectivity index (χ1v) is 6.58. The van der Waals surface area contributed by atoms with Crippen molar-refractivity contribution in [3.63, 3.8) is 0 Å². The van der Waals surface area contributed by atoms with E-state index >= 15 is 0 Å². The second-order valence-corrected chi connectivity index (χ2v) is 5.20. The van der Waals surface area contributed by atoms with E-state index in [2.05, 4.69) is 10.2 Å². The maximum atomic E-state index is 11.1. The fraction of sp³-hybridized carbons (Fsp3) is 0.455. The molecule has 0 bridgehead atoms. The molecule has 0 radical (unpaired) electrons. The molecular weight excluding hydrogens is 254 g/mol. The Morgan fingerprint density at radius 2 is 2.00 bits per heavy atom. The van der Waals surface area contributed by atoms with Crippen LogP contribution in [0.15, 0.2) is 6.07 Å². The maximum absolute atomic E-state index is 11.1. The van der Waals surface area contributed by atoms with Gasteiger partial charge in [-0.15, -0.1) is 0 Å². The highest BCUT2D eigenvalue weighted by Crippen LogP contribution is 2.35. The summed E-state index contributed by atoms with van der Waals surface area (Å²) in [4.78, 5) is 24.1. The predicted molar refractivity (Wildman–Crippen MR) is 70.5 cm³/mol. The number of piperidine rings is 1. The topological polar surface area (TPSA) is 95.7 Å². The third-order valence-corrected chi connectivity index (χ3v) is 3.97. The molecule has 4 N–H and O–H groups in total. The van der Waals surface area contributed by atoms with Crippen molar-refractivity contribution >= 4 is 33.3 Å². The molecule has 1 aliphatic rings. The number of hydrogen-bond donors (Lipinski definition) is 3. The average Bonchev–Trinajstić information content (AvgIpc) is 2.73. The first-order chi connectivity index (χ1) is 8.58. The summed E-state index contributed by atoms with van der Waals surface area (Å²) < 4.78 is 0. The summed E-state index contributed by atoms with van der Waals surface area (Å²) in [6.45, 7) is 1.85. The van der Waals surface area contributed by atoms with Gasteiger partial charge in [0.05, 0.1) is 10.6 Å². The van der Waals surface area contributed by atoms with Crippen LogP contribution in [0.5, 0.6) is 0 Å². The van der Waals surface area contributed by atoms with Crippen molar-refractivity contribution in [1.29, 1.82) is 0 Å². The number of nitrogens with zero attached hydrogens (tertiary/aromatic N) is 1. The zero-order valence-electron chi connectivity index (χ0n) is 9.81. The van der Waals surface area contributed by atoms with Crippen molar-refractivity contribution in [2.45, 2.75) is 19.3 Å². The minimum Gasteiger partial charge on any atom is -0.478 e. The first kappa shape index (κ1) is 12.7. The number of aromatic carboxylic acids is 1. The standard InChI is InChI=1S/C11H15N3O3S/c12-11(17)13-9-7(10(15)16)6-8(18-9)14-4-2-1-3-5-14/h6H,1-5H2,(H,15,16)(H3,12,13,17). The van der Waals surface area contributed by atoms with Crippen molar-refractivity contribution in [1.82, 2.24) is 0 Å². The van der Waals surface area contributed by atoms with Gasteiger partial charge in [0, 0.05) is 13.1 Å². The van der Waals surface area contributed by atoms with Crippen molar-refractivity contribution in [2.75, 3.05) is 23.3 Å². The lowest BCUT2D eigenvalue weighted by molar-refractivity contribution is 0.0698. The molecule has 0 unspecified atom stereocenters. The highest BCUT2D eigenvalue weighted by atomic mass is 32.1. The van der Waals surface area contributed by atoms with Crippen LogP contribution in [-0.2, 0) is 0 Å². The molecular formula is C11H15N3O3S. The quantitative estimate of drug-likeness (QED) is 0.781. The van der Waals surface area contributed by atoms with E-state index < -0.39 is 12.0 Å². The van der Waals surface area contributed by atoms with Crippen LogP contribution in [0.1, 0.15) is 29.6 Å². The van der Waals surface area contributed by atoms with E-state index in [4.69, 9.17) is 10.8 Å². The van der Waals surface area contributed by atoms with Gasteiger partial charge in [0.25, 0.3) is 0 Å². The van der Waals surface area contributed by atoms with Gasteiger partial charge >= 0.3 is 12.0 Å². The summed E-state index contributed by atoms with van der Waals surface area (Å²) in [5, 5.41) is 12.6. The van der Waals surface area contributed by atoms with Crippen LogP contribution < -0.4 is 16.0 Å². The van der Waals surface area contributed by atoms with Gasteiger partial charge in [0.2, 0.25) is 0 Å². The second kappa shape index (κ2) is 5.26. The Morgan fingerprint density at radius 3 is 2.56 bits per heavy atom. The molecule has 7 heteroatoms. The Balaban J connectivity index is 2.26. The van der Waals surface area contributed by atoms with Gasteiger partial charge in [0.1, 0.15) is 5.00 Å². The van der Waals surface area contributed by atoms with Gasteiger partial charge in [-0.2, -0.15) is 0 Å². The van der Waals surface area contributed by atoms with E-state index in [0.717, 1.165) is 30.9 Å². The van der Waals surface area contributed by atoms with Crippen LogP contribution in [0, 0.1) is 0 Å². The Kier molecular flexibility index (Phi) is 3.71. The number of hydrogen-bond acceptors (Lipinski definition) is 4. The van der Waals surface area contributed by atoms with Gasteiger partial charge in [-0.1, -0.05) is 11.3 Å². The minimum absolute atomic E-state index is 0.0966. The summed E-state index contributed by atoms with van der Waals surface area (Å²) in [5.74, 6) is -1.06. The molecule has 18 heavy (non-hydrogen) atoms. The van der Waals surface area contributed by atoms with Crippen LogP contribution in [0.2, 0.25) is 0 Å². The fourth-order valence-electron chi connectivity index (χ4n) is 2.01. The number of rotatable bonds is 3. The number of nitrogens with one attached hydrogen (secondary N) is 1. The van der Waals surface area contributed by atoms with Gasteiger partial charge in [-0.25, -0.2) is 9.59 Å². The molecule has 1 fully saturated rings. The molecule has 98 valence electrons. The summed E-state index contributed by atoms with van der Waals surface area (Å²) in [6, 6.07) is 0.855. The molecule has 2 heterocycles. The summed E-state index contributed by atoms with van der Waals surface area (Å²) in [6.07, 6.45) is 3.43. The maximum Gasteiger partial charge on any atom is 0.338 e. The molecule has 1 aromatic heterocycles. The number of carboxylic acid groups (broad SMARTS) is 1. The molecule has 6 nitrogen and oxygen atoms in total. The first-order valence-electron chi connectivity index (χ1n) is 5.76. The van der Waals surface area contributed by atoms with Gasteiger partial charge in [-0.05, 0) is 25.3 Å². The number of nitrogens with two attached hydrogens (primary N) is 1. The smallest absolute Gasteiger partial charge is 0.338 e. The van der Waals surface area contributed by atoms with Crippen LogP contribution >= 0.6 is 11.3 Å². The number of anilines is 2. The number of amides is 2. The van der Waals surface area contributed by atoms with Crippen LogP contribution in [0.4, 0.5) is 14.8 Å². The van der Waals surface area contributed by atoms with E-state index in [-0.39, 0.29) is 5.56 Å². The SMILES string of the molecule is NC(=O)Nc1sc(N2CCCCC2)cc1C(=O)O. The fourth-order valence-corrected chi connectivity index (χ4v) is 3.12. The number of carbonyl (C=O) groups is 2. The van der Waals surface area contributed by atoms with E-state index in [9.17, 15) is 9.59 Å². The lowest BCUT2D eigenvalue weighted by Crippen LogP contribution is -2.28. The summed E-state index contributed by atoms with van der Waals surface area (Å²) in [7, 11) is 0. The second-order valence-electron chi connectivity index (χ2n) is 4.17. The third kappa shape index (κ3) is 2.73. The molecule has 0 spiro atoms. The lowest BCUT2D eigenvalue weighted by Gasteiger charge is -2.26. The van der Waals surface area contributed by atoms with Gasteiger partial charge in [0.15, 0.2) is 0 Å². The van der Waals surface area contributed by atoms with E-state index in [1.54, 1.807) is 6.07 Å². The zero-order chi connectivity index (χ0) is 13.1. The molecule has 2 rings (SSSR count). The number of primary amides is 1. The number of thiophene rings is 1. The van der Waals surface area contributed by atoms with Crippen LogP contribution in [0.3, 0.4) is 0 Å². The normalized spacial score (nSPS) is 15.4. The average molecular weight is 269 g/mol. The summed E-state index contributed by atoms with van der Waals surface area (Å²) in [5.41, 5.74) is 5.13. The van der Waals surface area contributed by atoms with Gasteiger partial charge in [-0.3, -0.25) is 5.32 Å². The molecule has 0 saturated carbocycles. The number of urea groups is 1. The molecule has 0 aromatic carbocycles. The Morgan fingerprint density at radius 1 is 1.33 bits per heavy atom. The Labute approximate surface area is 108 Å². The Bertz CT molecular complexity index is 466. The van der Waals surface area contributed by atoms with Gasteiger partial charge < -0.3 is 15.7 Å².